The molecule has 2 amide bonds. The van der Waals surface area contributed by atoms with Crippen LogP contribution in [0.4, 0.5) is 4.79 Å². The van der Waals surface area contributed by atoms with Gasteiger partial charge in [-0.25, -0.2) is 4.79 Å². The molecule has 152 valence electrons. The zero-order chi connectivity index (χ0) is 19.6. The molecule has 0 saturated carbocycles. The molecule has 0 radical (unpaired) electrons. The molecule has 0 spiro atoms. The van der Waals surface area contributed by atoms with Crippen LogP contribution in [0.15, 0.2) is 0 Å². The number of carbonyl (C=O) groups excluding carboxylic acids is 2. The van der Waals surface area contributed by atoms with Crippen LogP contribution < -0.4 is 5.73 Å². The van der Waals surface area contributed by atoms with Gasteiger partial charge in [-0.2, -0.15) is 0 Å². The first-order chi connectivity index (χ1) is 12.4. The van der Waals surface area contributed by atoms with Crippen LogP contribution in [0.1, 0.15) is 33.6 Å². The Bertz CT molecular complexity index is 486. The maximum absolute atomic E-state index is 12.5. The molecular weight excluding hydrogens is 361 g/mol. The second-order valence-electron chi connectivity index (χ2n) is 6.02. The van der Waals surface area contributed by atoms with Crippen molar-refractivity contribution in [3.05, 3.63) is 0 Å². The summed E-state index contributed by atoms with van der Waals surface area (Å²) in [6.45, 7) is 7.78. The maximum Gasteiger partial charge on any atom is 0.409 e. The molecule has 1 aliphatic heterocycles. The van der Waals surface area contributed by atoms with Crippen molar-refractivity contribution in [3.63, 3.8) is 0 Å². The van der Waals surface area contributed by atoms with E-state index in [0.29, 0.717) is 32.8 Å². The van der Waals surface area contributed by atoms with Crippen LogP contribution in [0, 0.1) is 0 Å². The predicted molar refractivity (Wildman–Crippen MR) is 98.1 cm³/mol. The summed E-state index contributed by atoms with van der Waals surface area (Å²) in [5.74, 6) is -0.316. The van der Waals surface area contributed by atoms with Crippen molar-refractivity contribution in [1.82, 2.24) is 9.80 Å². The largest absolute Gasteiger partial charge is 0.449 e. The average Bonchev–Trinajstić information content (AvgIpc) is 2.61. The van der Waals surface area contributed by atoms with E-state index in [1.807, 2.05) is 6.92 Å². The normalized spacial score (nSPS) is 16.5. The number of hydrogen-bond acceptors (Lipinski definition) is 7. The quantitative estimate of drug-likeness (QED) is 0.444. The summed E-state index contributed by atoms with van der Waals surface area (Å²) in [7, 11) is -3.38. The third-order valence-corrected chi connectivity index (χ3v) is 6.11. The number of unbranched alkanes of at least 4 members (excludes halogenated alkanes) is 1. The third kappa shape index (κ3) is 7.23. The van der Waals surface area contributed by atoms with E-state index in [9.17, 15) is 14.2 Å². The average molecular weight is 393 g/mol. The first-order valence-corrected chi connectivity index (χ1v) is 10.9. The van der Waals surface area contributed by atoms with E-state index in [0.717, 1.165) is 12.8 Å². The lowest BCUT2D eigenvalue weighted by Crippen LogP contribution is -2.55. The Balaban J connectivity index is 2.49. The van der Waals surface area contributed by atoms with Gasteiger partial charge < -0.3 is 29.3 Å². The molecule has 0 aromatic heterocycles. The van der Waals surface area contributed by atoms with Gasteiger partial charge in [0.25, 0.3) is 0 Å². The number of hydrogen-bond donors (Lipinski definition) is 1. The molecule has 1 rings (SSSR count). The summed E-state index contributed by atoms with van der Waals surface area (Å²) < 4.78 is 28.1. The molecule has 26 heavy (non-hydrogen) atoms. The van der Waals surface area contributed by atoms with Crippen LogP contribution in [-0.2, 0) is 23.1 Å². The Labute approximate surface area is 155 Å². The van der Waals surface area contributed by atoms with Gasteiger partial charge in [0.1, 0.15) is 0 Å². The Morgan fingerprint density at radius 1 is 1.04 bits per heavy atom. The predicted octanol–water partition coefficient (Wildman–Crippen LogP) is 1.66. The first kappa shape index (κ1) is 22.9. The van der Waals surface area contributed by atoms with Crippen LogP contribution in [-0.4, -0.2) is 80.0 Å². The lowest BCUT2D eigenvalue weighted by molar-refractivity contribution is -0.133. The highest BCUT2D eigenvalue weighted by Crippen LogP contribution is 2.48. The van der Waals surface area contributed by atoms with Crippen molar-refractivity contribution >= 4 is 19.6 Å². The fourth-order valence-corrected chi connectivity index (χ4v) is 4.30. The van der Waals surface area contributed by atoms with E-state index in [1.165, 1.54) is 0 Å². The summed E-state index contributed by atoms with van der Waals surface area (Å²) in [4.78, 5) is 27.6. The third-order valence-electron chi connectivity index (χ3n) is 3.96. The lowest BCUT2D eigenvalue weighted by Gasteiger charge is -2.35. The second-order valence-corrected chi connectivity index (χ2v) is 8.12. The van der Waals surface area contributed by atoms with Gasteiger partial charge in [-0.3, -0.25) is 9.36 Å². The van der Waals surface area contributed by atoms with Crippen molar-refractivity contribution in [2.75, 3.05) is 52.2 Å². The molecule has 1 fully saturated rings. The Morgan fingerprint density at radius 3 is 2.08 bits per heavy atom. The SMILES string of the molecule is CCCCOC(=O)N1CCN(C(=O)[C@H](N)CP(=O)(OCC)OCC)CC1. The Kier molecular flexibility index (Phi) is 10.2. The molecule has 2 N–H and O–H groups in total. The smallest absolute Gasteiger partial charge is 0.409 e. The zero-order valence-electron chi connectivity index (χ0n) is 16.0. The summed E-state index contributed by atoms with van der Waals surface area (Å²) in [5.41, 5.74) is 5.94. The molecule has 1 heterocycles. The van der Waals surface area contributed by atoms with E-state index in [1.54, 1.807) is 23.6 Å². The van der Waals surface area contributed by atoms with Crippen molar-refractivity contribution in [1.29, 1.82) is 0 Å². The number of amides is 2. The van der Waals surface area contributed by atoms with E-state index in [2.05, 4.69) is 0 Å². The number of ether oxygens (including phenoxy) is 1. The molecule has 9 nitrogen and oxygen atoms in total. The van der Waals surface area contributed by atoms with Gasteiger partial charge in [-0.1, -0.05) is 13.3 Å². The summed E-state index contributed by atoms with van der Waals surface area (Å²) >= 11 is 0. The van der Waals surface area contributed by atoms with Gasteiger partial charge in [-0.05, 0) is 20.3 Å². The minimum absolute atomic E-state index is 0.160. The molecule has 0 aliphatic carbocycles. The fourth-order valence-electron chi connectivity index (χ4n) is 2.59. The Hall–Kier alpha value is -1.15. The topological polar surface area (TPSA) is 111 Å². The van der Waals surface area contributed by atoms with Crippen LogP contribution in [0.5, 0.6) is 0 Å². The molecule has 0 aromatic rings. The monoisotopic (exact) mass is 393 g/mol. The summed E-state index contributed by atoms with van der Waals surface area (Å²) in [5, 5.41) is 0. The van der Waals surface area contributed by atoms with Crippen molar-refractivity contribution < 1.29 is 27.9 Å². The summed E-state index contributed by atoms with van der Waals surface area (Å²) in [6.07, 6.45) is 1.28. The second kappa shape index (κ2) is 11.5. The molecular formula is C16H32N3O6P. The number of nitrogens with two attached hydrogens (primary N) is 1. The minimum atomic E-state index is -3.38. The maximum atomic E-state index is 12.5. The highest BCUT2D eigenvalue weighted by molar-refractivity contribution is 7.53. The molecule has 1 atom stereocenters. The zero-order valence-corrected chi connectivity index (χ0v) is 16.9. The number of rotatable bonds is 10. The van der Waals surface area contributed by atoms with Crippen molar-refractivity contribution in [2.24, 2.45) is 5.73 Å². The van der Waals surface area contributed by atoms with Crippen molar-refractivity contribution in [2.45, 2.75) is 39.7 Å². The molecule has 10 heteroatoms. The van der Waals surface area contributed by atoms with Gasteiger partial charge in [0, 0.05) is 26.2 Å². The van der Waals surface area contributed by atoms with Crippen molar-refractivity contribution in [3.8, 4) is 0 Å². The van der Waals surface area contributed by atoms with E-state index in [-0.39, 0.29) is 31.4 Å². The molecule has 1 saturated heterocycles. The lowest BCUT2D eigenvalue weighted by atomic mass is 10.2. The van der Waals surface area contributed by atoms with Crippen LogP contribution >= 0.6 is 7.60 Å². The summed E-state index contributed by atoms with van der Waals surface area (Å²) in [6, 6.07) is -0.970. The highest BCUT2D eigenvalue weighted by Gasteiger charge is 2.34. The van der Waals surface area contributed by atoms with Gasteiger partial charge in [0.15, 0.2) is 0 Å². The molecule has 1 aliphatic rings. The molecule has 0 unspecified atom stereocenters. The molecule has 0 bridgehead atoms. The number of piperazine rings is 1. The van der Waals surface area contributed by atoms with Gasteiger partial charge >= 0.3 is 13.7 Å². The van der Waals surface area contributed by atoms with Gasteiger partial charge in [0.05, 0.1) is 32.0 Å². The van der Waals surface area contributed by atoms with Gasteiger partial charge in [0.2, 0.25) is 5.91 Å². The van der Waals surface area contributed by atoms with Crippen LogP contribution in [0.25, 0.3) is 0 Å². The minimum Gasteiger partial charge on any atom is -0.449 e. The van der Waals surface area contributed by atoms with Crippen LogP contribution in [0.3, 0.4) is 0 Å². The highest BCUT2D eigenvalue weighted by atomic mass is 31.2. The fraction of sp³-hybridized carbons (Fsp3) is 0.875. The number of carbonyl (C=O) groups is 2. The Morgan fingerprint density at radius 2 is 1.58 bits per heavy atom. The first-order valence-electron chi connectivity index (χ1n) is 9.21. The molecule has 0 aromatic carbocycles. The standard InChI is InChI=1S/C16H32N3O6P/c1-4-7-12-23-16(21)19-10-8-18(9-11-19)15(20)14(17)13-26(22,24-5-2)25-6-3/h14H,4-13,17H2,1-3H3/t14-/m1/s1. The van der Waals surface area contributed by atoms with E-state index >= 15 is 0 Å². The van der Waals surface area contributed by atoms with E-state index in [4.69, 9.17) is 19.5 Å². The van der Waals surface area contributed by atoms with Crippen LogP contribution in [0.2, 0.25) is 0 Å². The van der Waals surface area contributed by atoms with Gasteiger partial charge in [-0.15, -0.1) is 0 Å². The van der Waals surface area contributed by atoms with E-state index < -0.39 is 13.6 Å². The number of nitrogens with zero attached hydrogens (tertiary/aromatic N) is 2.